The summed E-state index contributed by atoms with van der Waals surface area (Å²) < 4.78 is 5.51. The van der Waals surface area contributed by atoms with Crippen LogP contribution in [0.2, 0.25) is 0 Å². The molecule has 0 bridgehead atoms. The third-order valence-electron chi connectivity index (χ3n) is 6.86. The van der Waals surface area contributed by atoms with E-state index in [1.807, 2.05) is 44.2 Å². The molecule has 0 fully saturated rings. The fourth-order valence-electron chi connectivity index (χ4n) is 4.85. The van der Waals surface area contributed by atoms with E-state index in [0.717, 1.165) is 37.7 Å². The lowest BCUT2D eigenvalue weighted by Gasteiger charge is -2.35. The van der Waals surface area contributed by atoms with Gasteiger partial charge >= 0.3 is 6.09 Å². The first-order chi connectivity index (χ1) is 19.8. The molecule has 0 aliphatic carbocycles. The third kappa shape index (κ3) is 11.4. The number of ether oxygens (including phenoxy) is 1. The molecule has 2 rings (SSSR count). The van der Waals surface area contributed by atoms with Gasteiger partial charge in [-0.2, -0.15) is 0 Å². The summed E-state index contributed by atoms with van der Waals surface area (Å²) in [5.74, 6) is -0.828. The molecule has 2 aromatic rings. The summed E-state index contributed by atoms with van der Waals surface area (Å²) in [6.07, 6.45) is 5.49. The first-order valence-electron chi connectivity index (χ1n) is 15.3. The van der Waals surface area contributed by atoms with E-state index < -0.39 is 29.7 Å². The van der Waals surface area contributed by atoms with Crippen LogP contribution in [0.4, 0.5) is 4.79 Å². The van der Waals surface area contributed by atoms with Crippen molar-refractivity contribution in [1.29, 1.82) is 0 Å². The van der Waals surface area contributed by atoms with Crippen LogP contribution < -0.4 is 10.6 Å². The van der Waals surface area contributed by atoms with Crippen molar-refractivity contribution < 1.29 is 24.2 Å². The maximum atomic E-state index is 14.5. The summed E-state index contributed by atoms with van der Waals surface area (Å²) in [5, 5.41) is 16.8. The van der Waals surface area contributed by atoms with E-state index in [1.165, 1.54) is 4.90 Å². The Balaban J connectivity index is 2.56. The largest absolute Gasteiger partial charge is 0.507 e. The van der Waals surface area contributed by atoms with Crippen molar-refractivity contribution in [2.45, 2.75) is 117 Å². The molecule has 2 unspecified atom stereocenters. The highest BCUT2D eigenvalue weighted by Crippen LogP contribution is 2.33. The van der Waals surface area contributed by atoms with E-state index in [2.05, 4.69) is 17.6 Å². The quantitative estimate of drug-likeness (QED) is 0.206. The van der Waals surface area contributed by atoms with Crippen LogP contribution in [0.3, 0.4) is 0 Å². The molecule has 0 radical (unpaired) electrons. The number of aromatic hydroxyl groups is 1. The average Bonchev–Trinajstić information content (AvgIpc) is 2.90. The van der Waals surface area contributed by atoms with E-state index in [-0.39, 0.29) is 30.7 Å². The molecule has 3 amide bonds. The minimum atomic E-state index is -1.09. The van der Waals surface area contributed by atoms with E-state index in [1.54, 1.807) is 45.9 Å². The lowest BCUT2D eigenvalue weighted by molar-refractivity contribution is -0.142. The lowest BCUT2D eigenvalue weighted by atomic mass is 9.97. The molecule has 232 valence electrons. The topological polar surface area (TPSA) is 108 Å². The fraction of sp³-hybridized carbons (Fsp3) is 0.559. The molecule has 8 heteroatoms. The van der Waals surface area contributed by atoms with Gasteiger partial charge in [-0.25, -0.2) is 4.79 Å². The maximum Gasteiger partial charge on any atom is 0.408 e. The Bertz CT molecular complexity index is 1140. The summed E-state index contributed by atoms with van der Waals surface area (Å²) in [5.41, 5.74) is 1.06. The number of carbonyl (C=O) groups excluding carboxylic acids is 3. The number of rotatable bonds is 15. The van der Waals surface area contributed by atoms with E-state index >= 15 is 0 Å². The highest BCUT2D eigenvalue weighted by Gasteiger charge is 2.37. The molecule has 8 nitrogen and oxygen atoms in total. The Morgan fingerprint density at radius 2 is 1.55 bits per heavy atom. The zero-order chi connectivity index (χ0) is 31.3. The zero-order valence-electron chi connectivity index (χ0n) is 26.5. The Labute approximate surface area is 252 Å². The van der Waals surface area contributed by atoms with Crippen LogP contribution in [0.15, 0.2) is 48.5 Å². The molecule has 0 aliphatic rings. The second-order valence-corrected chi connectivity index (χ2v) is 12.3. The van der Waals surface area contributed by atoms with Crippen LogP contribution >= 0.6 is 0 Å². The van der Waals surface area contributed by atoms with Gasteiger partial charge in [-0.15, -0.1) is 0 Å². The van der Waals surface area contributed by atoms with Gasteiger partial charge in [0.1, 0.15) is 23.4 Å². The predicted molar refractivity (Wildman–Crippen MR) is 167 cm³/mol. The number of nitrogens with zero attached hydrogens (tertiary/aromatic N) is 1. The van der Waals surface area contributed by atoms with Crippen molar-refractivity contribution in [2.75, 3.05) is 6.54 Å². The van der Waals surface area contributed by atoms with Gasteiger partial charge in [-0.1, -0.05) is 87.6 Å². The van der Waals surface area contributed by atoms with Crippen molar-refractivity contribution in [2.24, 2.45) is 0 Å². The van der Waals surface area contributed by atoms with Crippen LogP contribution in [0, 0.1) is 6.92 Å². The number of phenolic OH excluding ortho intramolecular Hbond substituents is 1. The number of hydrogen-bond acceptors (Lipinski definition) is 5. The Morgan fingerprint density at radius 3 is 2.17 bits per heavy atom. The number of aryl methyl sites for hydroxylation is 1. The summed E-state index contributed by atoms with van der Waals surface area (Å²) in [4.78, 5) is 42.8. The summed E-state index contributed by atoms with van der Waals surface area (Å²) in [6, 6.07) is 12.4. The fourth-order valence-corrected chi connectivity index (χ4v) is 4.85. The van der Waals surface area contributed by atoms with Gasteiger partial charge in [-0.05, 0) is 59.1 Å². The molecular formula is C34H51N3O5. The number of carbonyl (C=O) groups is 3. The lowest BCUT2D eigenvalue weighted by Crippen LogP contribution is -2.54. The molecule has 0 spiro atoms. The van der Waals surface area contributed by atoms with Gasteiger partial charge in [0.25, 0.3) is 0 Å². The number of benzene rings is 2. The van der Waals surface area contributed by atoms with E-state index in [0.29, 0.717) is 17.5 Å². The molecule has 0 aliphatic heterocycles. The van der Waals surface area contributed by atoms with Gasteiger partial charge < -0.3 is 25.4 Å². The second kappa shape index (κ2) is 16.8. The highest BCUT2D eigenvalue weighted by molar-refractivity contribution is 5.93. The smallest absolute Gasteiger partial charge is 0.408 e. The number of phenols is 1. The van der Waals surface area contributed by atoms with Crippen LogP contribution in [0.5, 0.6) is 5.75 Å². The highest BCUT2D eigenvalue weighted by atomic mass is 16.6. The van der Waals surface area contributed by atoms with Crippen molar-refractivity contribution in [3.05, 3.63) is 65.2 Å². The van der Waals surface area contributed by atoms with E-state index in [9.17, 15) is 19.5 Å². The van der Waals surface area contributed by atoms with Crippen molar-refractivity contribution >= 4 is 17.9 Å². The molecule has 0 heterocycles. The molecule has 3 N–H and O–H groups in total. The Hall–Kier alpha value is -3.55. The Morgan fingerprint density at radius 1 is 0.905 bits per heavy atom. The molecule has 42 heavy (non-hydrogen) atoms. The molecule has 2 aromatic carbocycles. The summed E-state index contributed by atoms with van der Waals surface area (Å²) >= 11 is 0. The van der Waals surface area contributed by atoms with Crippen LogP contribution in [-0.4, -0.2) is 52.1 Å². The van der Waals surface area contributed by atoms with E-state index in [4.69, 9.17) is 4.74 Å². The average molecular weight is 582 g/mol. The van der Waals surface area contributed by atoms with Gasteiger partial charge in [0.05, 0.1) is 0 Å². The number of unbranched alkanes of at least 4 members (excludes halogenated alkanes) is 5. The standard InChI is InChI=1S/C34H51N3O5/c1-8-9-10-11-12-16-22-37(29(31(39)35-24(2)3)27-21-17-18-25(4)30(27)38)32(40)28(23-26-19-14-13-15-20-26)36-33(41)42-34(5,6)7/h13-15,17-21,24,28-29,38H,8-12,16,22-23H2,1-7H3,(H,35,39)(H,36,41). The minimum absolute atomic E-state index is 0.0261. The number of hydrogen-bond donors (Lipinski definition) is 3. The third-order valence-corrected chi connectivity index (χ3v) is 6.86. The molecular weight excluding hydrogens is 530 g/mol. The van der Waals surface area contributed by atoms with Crippen LogP contribution in [0.25, 0.3) is 0 Å². The van der Waals surface area contributed by atoms with Crippen LogP contribution in [0.1, 0.15) is 103 Å². The molecule has 2 atom stereocenters. The van der Waals surface area contributed by atoms with Gasteiger partial charge in [0, 0.05) is 24.6 Å². The predicted octanol–water partition coefficient (Wildman–Crippen LogP) is 6.59. The van der Waals surface area contributed by atoms with Crippen molar-refractivity contribution in [3.8, 4) is 5.75 Å². The first-order valence-corrected chi connectivity index (χ1v) is 15.3. The molecule has 0 aromatic heterocycles. The van der Waals surface area contributed by atoms with Gasteiger partial charge in [0.2, 0.25) is 11.8 Å². The summed E-state index contributed by atoms with van der Waals surface area (Å²) in [6.45, 7) is 13.2. The van der Waals surface area contributed by atoms with Crippen molar-refractivity contribution in [1.82, 2.24) is 15.5 Å². The summed E-state index contributed by atoms with van der Waals surface area (Å²) in [7, 11) is 0. The molecule has 0 saturated heterocycles. The van der Waals surface area contributed by atoms with Crippen LogP contribution in [-0.2, 0) is 20.7 Å². The number of alkyl carbamates (subject to hydrolysis) is 1. The first kappa shape index (κ1) is 34.7. The monoisotopic (exact) mass is 581 g/mol. The Kier molecular flexibility index (Phi) is 13.8. The van der Waals surface area contributed by atoms with Gasteiger partial charge in [0.15, 0.2) is 0 Å². The number of amides is 3. The van der Waals surface area contributed by atoms with Gasteiger partial charge in [-0.3, -0.25) is 9.59 Å². The number of nitrogens with one attached hydrogen (secondary N) is 2. The normalized spacial score (nSPS) is 12.9. The molecule has 0 saturated carbocycles. The number of para-hydroxylation sites is 1. The SMILES string of the molecule is CCCCCCCCN(C(=O)C(Cc1ccccc1)NC(=O)OC(C)(C)C)C(C(=O)NC(C)C)c1cccc(C)c1O. The van der Waals surface area contributed by atoms with Crippen molar-refractivity contribution in [3.63, 3.8) is 0 Å². The minimum Gasteiger partial charge on any atom is -0.507 e. The zero-order valence-corrected chi connectivity index (χ0v) is 26.5. The maximum absolute atomic E-state index is 14.5. The second-order valence-electron chi connectivity index (χ2n) is 12.3.